The summed E-state index contributed by atoms with van der Waals surface area (Å²) in [7, 11) is -2.96. The molecule has 2 amide bonds. The molecule has 2 aliphatic rings. The second-order valence-corrected chi connectivity index (χ2v) is 8.53. The molecule has 1 N–H and O–H groups in total. The van der Waals surface area contributed by atoms with Gasteiger partial charge in [-0.05, 0) is 12.0 Å². The van der Waals surface area contributed by atoms with Gasteiger partial charge in [0, 0.05) is 38.8 Å². The molecule has 0 aliphatic carbocycles. The lowest BCUT2D eigenvalue weighted by molar-refractivity contribution is 0.134. The Morgan fingerprint density at radius 3 is 2.43 bits per heavy atom. The predicted molar refractivity (Wildman–Crippen MR) is 88.9 cm³/mol. The van der Waals surface area contributed by atoms with Crippen molar-refractivity contribution in [2.75, 3.05) is 37.7 Å². The van der Waals surface area contributed by atoms with Crippen LogP contribution in [0, 0.1) is 0 Å². The van der Waals surface area contributed by atoms with Crippen molar-refractivity contribution in [1.29, 1.82) is 0 Å². The molecule has 0 saturated carbocycles. The first kappa shape index (κ1) is 16.3. The summed E-state index contributed by atoms with van der Waals surface area (Å²) in [5.41, 5.74) is 1.28. The maximum atomic E-state index is 12.2. The summed E-state index contributed by atoms with van der Waals surface area (Å²) >= 11 is 0. The standard InChI is InChI=1S/C16H23N3O3S/c20-16(17-15-6-11-23(21,22)13-15)19-9-7-18(8-10-19)12-14-4-2-1-3-5-14/h1-5,15H,6-13H2,(H,17,20). The SMILES string of the molecule is O=C(NC1CCS(=O)(=O)C1)N1CCN(Cc2ccccc2)CC1. The summed E-state index contributed by atoms with van der Waals surface area (Å²) in [5.74, 6) is 0.259. The van der Waals surface area contributed by atoms with Gasteiger partial charge < -0.3 is 10.2 Å². The molecule has 0 bridgehead atoms. The Morgan fingerprint density at radius 2 is 1.83 bits per heavy atom. The van der Waals surface area contributed by atoms with Crippen molar-refractivity contribution in [1.82, 2.24) is 15.1 Å². The molecule has 2 aliphatic heterocycles. The van der Waals surface area contributed by atoms with E-state index in [1.54, 1.807) is 4.90 Å². The first-order valence-electron chi connectivity index (χ1n) is 8.04. The van der Waals surface area contributed by atoms with Crippen LogP contribution in [-0.4, -0.2) is 68.0 Å². The lowest BCUT2D eigenvalue weighted by Crippen LogP contribution is -2.53. The van der Waals surface area contributed by atoms with Gasteiger partial charge in [0.15, 0.2) is 9.84 Å². The molecule has 1 aromatic rings. The van der Waals surface area contributed by atoms with Crippen molar-refractivity contribution in [3.63, 3.8) is 0 Å². The van der Waals surface area contributed by atoms with Gasteiger partial charge in [0.05, 0.1) is 11.5 Å². The minimum atomic E-state index is -2.96. The molecular formula is C16H23N3O3S. The Hall–Kier alpha value is -1.60. The average Bonchev–Trinajstić information content (AvgIpc) is 2.88. The summed E-state index contributed by atoms with van der Waals surface area (Å²) in [6.45, 7) is 3.93. The molecule has 1 atom stereocenters. The van der Waals surface area contributed by atoms with Crippen LogP contribution in [0.1, 0.15) is 12.0 Å². The summed E-state index contributed by atoms with van der Waals surface area (Å²) in [4.78, 5) is 16.3. The Labute approximate surface area is 137 Å². The molecule has 0 aromatic heterocycles. The zero-order valence-electron chi connectivity index (χ0n) is 13.1. The van der Waals surface area contributed by atoms with Crippen LogP contribution in [0.25, 0.3) is 0 Å². The number of amides is 2. The fourth-order valence-corrected chi connectivity index (χ4v) is 4.80. The fourth-order valence-electron chi connectivity index (χ4n) is 3.13. The van der Waals surface area contributed by atoms with Crippen LogP contribution < -0.4 is 5.32 Å². The van der Waals surface area contributed by atoms with Gasteiger partial charge in [0.25, 0.3) is 0 Å². The van der Waals surface area contributed by atoms with Crippen LogP contribution in [-0.2, 0) is 16.4 Å². The van der Waals surface area contributed by atoms with E-state index in [0.29, 0.717) is 19.5 Å². The summed E-state index contributed by atoms with van der Waals surface area (Å²) in [5, 5.41) is 2.86. The first-order valence-corrected chi connectivity index (χ1v) is 9.86. The predicted octanol–water partition coefficient (Wildman–Crippen LogP) is 0.701. The van der Waals surface area contributed by atoms with Crippen LogP contribution in [0.3, 0.4) is 0 Å². The third-order valence-corrected chi connectivity index (χ3v) is 6.24. The lowest BCUT2D eigenvalue weighted by Gasteiger charge is -2.35. The van der Waals surface area contributed by atoms with E-state index in [-0.39, 0.29) is 23.6 Å². The number of hydrogen-bond acceptors (Lipinski definition) is 4. The Bertz CT molecular complexity index is 640. The van der Waals surface area contributed by atoms with Gasteiger partial charge in [-0.2, -0.15) is 0 Å². The highest BCUT2D eigenvalue weighted by atomic mass is 32.2. The smallest absolute Gasteiger partial charge is 0.317 e. The molecule has 0 radical (unpaired) electrons. The van der Waals surface area contributed by atoms with Crippen LogP contribution in [0.5, 0.6) is 0 Å². The van der Waals surface area contributed by atoms with Crippen molar-refractivity contribution in [3.05, 3.63) is 35.9 Å². The van der Waals surface area contributed by atoms with Gasteiger partial charge >= 0.3 is 6.03 Å². The number of benzene rings is 1. The van der Waals surface area contributed by atoms with Gasteiger partial charge in [-0.15, -0.1) is 0 Å². The highest BCUT2D eigenvalue weighted by Gasteiger charge is 2.30. The third-order valence-electron chi connectivity index (χ3n) is 4.47. The molecule has 3 rings (SSSR count). The number of carbonyl (C=O) groups excluding carboxylic acids is 1. The number of nitrogens with one attached hydrogen (secondary N) is 1. The highest BCUT2D eigenvalue weighted by Crippen LogP contribution is 2.13. The van der Waals surface area contributed by atoms with Crippen LogP contribution in [0.2, 0.25) is 0 Å². The van der Waals surface area contributed by atoms with Gasteiger partial charge in [0.2, 0.25) is 0 Å². The van der Waals surface area contributed by atoms with Gasteiger partial charge in [-0.3, -0.25) is 4.90 Å². The maximum absolute atomic E-state index is 12.2. The van der Waals surface area contributed by atoms with Gasteiger partial charge in [0.1, 0.15) is 0 Å². The van der Waals surface area contributed by atoms with Crippen molar-refractivity contribution in [3.8, 4) is 0 Å². The molecular weight excluding hydrogens is 314 g/mol. The zero-order chi connectivity index (χ0) is 16.3. The van der Waals surface area contributed by atoms with Crippen LogP contribution in [0.15, 0.2) is 30.3 Å². The molecule has 1 unspecified atom stereocenters. The number of rotatable bonds is 3. The Kier molecular flexibility index (Phi) is 4.87. The number of carbonyl (C=O) groups is 1. The summed E-state index contributed by atoms with van der Waals surface area (Å²) < 4.78 is 22.9. The van der Waals surface area contributed by atoms with Gasteiger partial charge in [-0.1, -0.05) is 30.3 Å². The van der Waals surface area contributed by atoms with Crippen molar-refractivity contribution in [2.24, 2.45) is 0 Å². The number of piperazine rings is 1. The van der Waals surface area contributed by atoms with E-state index in [9.17, 15) is 13.2 Å². The number of urea groups is 1. The first-order chi connectivity index (χ1) is 11.0. The Balaban J connectivity index is 1.44. The van der Waals surface area contributed by atoms with E-state index in [1.165, 1.54) is 5.56 Å². The van der Waals surface area contributed by atoms with Crippen LogP contribution >= 0.6 is 0 Å². The molecule has 1 aromatic carbocycles. The molecule has 2 fully saturated rings. The van der Waals surface area contributed by atoms with E-state index in [4.69, 9.17) is 0 Å². The van der Waals surface area contributed by atoms with Gasteiger partial charge in [-0.25, -0.2) is 13.2 Å². The van der Waals surface area contributed by atoms with E-state index in [0.717, 1.165) is 19.6 Å². The second-order valence-electron chi connectivity index (χ2n) is 6.30. The highest BCUT2D eigenvalue weighted by molar-refractivity contribution is 7.91. The normalized spacial score (nSPS) is 24.5. The molecule has 2 heterocycles. The zero-order valence-corrected chi connectivity index (χ0v) is 14.0. The molecule has 23 heavy (non-hydrogen) atoms. The fraction of sp³-hybridized carbons (Fsp3) is 0.562. The second kappa shape index (κ2) is 6.88. The van der Waals surface area contributed by atoms with Crippen molar-refractivity contribution < 1.29 is 13.2 Å². The quantitative estimate of drug-likeness (QED) is 0.881. The van der Waals surface area contributed by atoms with E-state index in [2.05, 4.69) is 22.3 Å². The minimum Gasteiger partial charge on any atom is -0.334 e. The molecule has 7 heteroatoms. The van der Waals surface area contributed by atoms with E-state index < -0.39 is 9.84 Å². The summed E-state index contributed by atoms with van der Waals surface area (Å²) in [6, 6.07) is 9.94. The monoisotopic (exact) mass is 337 g/mol. The topological polar surface area (TPSA) is 69.7 Å². The molecule has 126 valence electrons. The minimum absolute atomic E-state index is 0.0761. The van der Waals surface area contributed by atoms with Crippen molar-refractivity contribution in [2.45, 2.75) is 19.0 Å². The van der Waals surface area contributed by atoms with Crippen molar-refractivity contribution >= 4 is 15.9 Å². The number of sulfone groups is 1. The number of nitrogens with zero attached hydrogens (tertiary/aromatic N) is 2. The largest absolute Gasteiger partial charge is 0.334 e. The molecule has 6 nitrogen and oxygen atoms in total. The average molecular weight is 337 g/mol. The van der Waals surface area contributed by atoms with E-state index >= 15 is 0 Å². The van der Waals surface area contributed by atoms with Crippen LogP contribution in [0.4, 0.5) is 4.79 Å². The summed E-state index contributed by atoms with van der Waals surface area (Å²) in [6.07, 6.45) is 0.530. The number of hydrogen-bond donors (Lipinski definition) is 1. The Morgan fingerprint density at radius 1 is 1.13 bits per heavy atom. The molecule has 2 saturated heterocycles. The maximum Gasteiger partial charge on any atom is 0.317 e. The molecule has 0 spiro atoms. The van der Waals surface area contributed by atoms with E-state index in [1.807, 2.05) is 18.2 Å². The third kappa shape index (κ3) is 4.45. The lowest BCUT2D eigenvalue weighted by atomic mass is 10.2.